The molecule has 1 atom stereocenters. The molecule has 1 unspecified atom stereocenters. The van der Waals surface area contributed by atoms with Gasteiger partial charge in [-0.05, 0) is 56.2 Å². The lowest BCUT2D eigenvalue weighted by molar-refractivity contribution is -0.128. The fraction of sp³-hybridized carbons (Fsp3) is 0.211. The summed E-state index contributed by atoms with van der Waals surface area (Å²) in [5.41, 5.74) is 6.38. The van der Waals surface area contributed by atoms with Crippen LogP contribution in [0.15, 0.2) is 42.5 Å². The predicted octanol–water partition coefficient (Wildman–Crippen LogP) is 2.23. The lowest BCUT2D eigenvalue weighted by Gasteiger charge is -2.16. The molecule has 0 saturated heterocycles. The predicted molar refractivity (Wildman–Crippen MR) is 95.0 cm³/mol. The van der Waals surface area contributed by atoms with Gasteiger partial charge in [-0.1, -0.05) is 18.2 Å². The van der Waals surface area contributed by atoms with E-state index in [0.717, 1.165) is 11.1 Å². The van der Waals surface area contributed by atoms with E-state index in [0.29, 0.717) is 5.75 Å². The minimum Gasteiger partial charge on any atom is -0.481 e. The number of nitrogens with one attached hydrogen (secondary N) is 2. The molecule has 0 aliphatic carbocycles. The third-order valence-corrected chi connectivity index (χ3v) is 3.86. The maximum atomic E-state index is 12.1. The summed E-state index contributed by atoms with van der Waals surface area (Å²) in [6.45, 7) is 5.45. The minimum absolute atomic E-state index is 0.0527. The van der Waals surface area contributed by atoms with Crippen molar-refractivity contribution in [1.29, 1.82) is 0 Å². The van der Waals surface area contributed by atoms with Crippen LogP contribution in [0.1, 0.15) is 38.8 Å². The van der Waals surface area contributed by atoms with E-state index in [4.69, 9.17) is 9.84 Å². The molecule has 7 nitrogen and oxygen atoms in total. The molecule has 2 aromatic carbocycles. The number of amides is 2. The van der Waals surface area contributed by atoms with Crippen molar-refractivity contribution in [2.45, 2.75) is 26.9 Å². The van der Waals surface area contributed by atoms with Crippen LogP contribution in [0.4, 0.5) is 0 Å². The highest BCUT2D eigenvalue weighted by Gasteiger charge is 2.19. The summed E-state index contributed by atoms with van der Waals surface area (Å²) in [4.78, 5) is 35.3. The van der Waals surface area contributed by atoms with Crippen molar-refractivity contribution < 1.29 is 24.2 Å². The Labute approximate surface area is 151 Å². The van der Waals surface area contributed by atoms with Crippen LogP contribution in [0.3, 0.4) is 0 Å². The monoisotopic (exact) mass is 356 g/mol. The summed E-state index contributed by atoms with van der Waals surface area (Å²) in [7, 11) is 0. The van der Waals surface area contributed by atoms with E-state index in [9.17, 15) is 14.4 Å². The third-order valence-electron chi connectivity index (χ3n) is 3.86. The van der Waals surface area contributed by atoms with E-state index < -0.39 is 23.9 Å². The second-order valence-electron chi connectivity index (χ2n) is 5.80. The van der Waals surface area contributed by atoms with Crippen LogP contribution in [-0.4, -0.2) is 29.0 Å². The maximum Gasteiger partial charge on any atom is 0.336 e. The van der Waals surface area contributed by atoms with E-state index in [1.807, 2.05) is 26.0 Å². The van der Waals surface area contributed by atoms with Gasteiger partial charge in [-0.2, -0.15) is 0 Å². The van der Waals surface area contributed by atoms with Crippen molar-refractivity contribution >= 4 is 17.8 Å². The summed E-state index contributed by atoms with van der Waals surface area (Å²) < 4.78 is 5.55. The molecule has 3 N–H and O–H groups in total. The number of ether oxygens (including phenoxy) is 1. The van der Waals surface area contributed by atoms with Crippen LogP contribution in [0.25, 0.3) is 0 Å². The number of hydrogen-bond donors (Lipinski definition) is 3. The van der Waals surface area contributed by atoms with Crippen LogP contribution >= 0.6 is 0 Å². The first-order valence-electron chi connectivity index (χ1n) is 7.96. The molecule has 0 aromatic heterocycles. The summed E-state index contributed by atoms with van der Waals surface area (Å²) in [6.07, 6.45) is -0.855. The number of aromatic carboxylic acids is 1. The molecular weight excluding hydrogens is 336 g/mol. The van der Waals surface area contributed by atoms with Crippen molar-refractivity contribution in [2.75, 3.05) is 0 Å². The fourth-order valence-corrected chi connectivity index (χ4v) is 2.20. The molecule has 0 spiro atoms. The molecule has 2 aromatic rings. The lowest BCUT2D eigenvalue weighted by Crippen LogP contribution is -2.47. The van der Waals surface area contributed by atoms with Crippen molar-refractivity contribution in [2.24, 2.45) is 0 Å². The van der Waals surface area contributed by atoms with Crippen molar-refractivity contribution in [3.05, 3.63) is 64.7 Å². The first kappa shape index (κ1) is 19.0. The highest BCUT2D eigenvalue weighted by atomic mass is 16.5. The number of benzene rings is 2. The van der Waals surface area contributed by atoms with Gasteiger partial charge in [0.15, 0.2) is 6.10 Å². The zero-order valence-corrected chi connectivity index (χ0v) is 14.7. The van der Waals surface area contributed by atoms with E-state index in [-0.39, 0.29) is 11.1 Å². The number of rotatable bonds is 5. The Morgan fingerprint density at radius 1 is 0.962 bits per heavy atom. The van der Waals surface area contributed by atoms with Crippen LogP contribution in [0.2, 0.25) is 0 Å². The molecule has 7 heteroatoms. The second-order valence-corrected chi connectivity index (χ2v) is 5.80. The van der Waals surface area contributed by atoms with Gasteiger partial charge in [0.25, 0.3) is 11.8 Å². The van der Waals surface area contributed by atoms with E-state index in [1.54, 1.807) is 13.0 Å². The molecule has 0 heterocycles. The molecule has 0 bridgehead atoms. The Hall–Kier alpha value is -3.35. The van der Waals surface area contributed by atoms with Gasteiger partial charge in [0.1, 0.15) is 5.75 Å². The minimum atomic E-state index is -1.23. The smallest absolute Gasteiger partial charge is 0.336 e. The highest BCUT2D eigenvalue weighted by molar-refractivity contribution is 6.05. The average molecular weight is 356 g/mol. The molecule has 2 amide bonds. The van der Waals surface area contributed by atoms with Gasteiger partial charge in [0.2, 0.25) is 0 Å². The quantitative estimate of drug-likeness (QED) is 0.713. The largest absolute Gasteiger partial charge is 0.481 e. The van der Waals surface area contributed by atoms with Gasteiger partial charge in [-0.15, -0.1) is 0 Å². The molecule has 136 valence electrons. The van der Waals surface area contributed by atoms with Gasteiger partial charge in [-0.25, -0.2) is 4.79 Å². The van der Waals surface area contributed by atoms with Gasteiger partial charge in [-0.3, -0.25) is 20.4 Å². The lowest BCUT2D eigenvalue weighted by atomic mass is 10.1. The fourth-order valence-electron chi connectivity index (χ4n) is 2.20. The number of hydrazine groups is 1. The number of aryl methyl sites for hydroxylation is 2. The van der Waals surface area contributed by atoms with E-state index in [1.165, 1.54) is 24.3 Å². The second kappa shape index (κ2) is 8.15. The SMILES string of the molecule is Cc1ccc(OC(C)C(=O)NNC(=O)c2ccccc2C(=O)O)cc1C. The van der Waals surface area contributed by atoms with Gasteiger partial charge < -0.3 is 9.84 Å². The Morgan fingerprint density at radius 2 is 1.62 bits per heavy atom. The van der Waals surface area contributed by atoms with Crippen LogP contribution < -0.4 is 15.6 Å². The van der Waals surface area contributed by atoms with E-state index in [2.05, 4.69) is 10.9 Å². The summed E-state index contributed by atoms with van der Waals surface area (Å²) in [5, 5.41) is 9.10. The van der Waals surface area contributed by atoms with Crippen LogP contribution in [-0.2, 0) is 4.79 Å². The van der Waals surface area contributed by atoms with Gasteiger partial charge in [0, 0.05) is 0 Å². The first-order chi connectivity index (χ1) is 12.3. The first-order valence-corrected chi connectivity index (χ1v) is 7.96. The molecule has 0 aliphatic heterocycles. The molecule has 0 saturated carbocycles. The summed E-state index contributed by atoms with van der Waals surface area (Å²) in [6, 6.07) is 11.2. The Bertz CT molecular complexity index is 848. The van der Waals surface area contributed by atoms with Crippen molar-refractivity contribution in [3.8, 4) is 5.75 Å². The van der Waals surface area contributed by atoms with E-state index >= 15 is 0 Å². The molecule has 26 heavy (non-hydrogen) atoms. The highest BCUT2D eigenvalue weighted by Crippen LogP contribution is 2.17. The van der Waals surface area contributed by atoms with Crippen molar-refractivity contribution in [3.63, 3.8) is 0 Å². The van der Waals surface area contributed by atoms with Crippen LogP contribution in [0.5, 0.6) is 5.75 Å². The number of carboxylic acid groups (broad SMARTS) is 1. The number of carbonyl (C=O) groups is 3. The maximum absolute atomic E-state index is 12.1. The Balaban J connectivity index is 1.96. The average Bonchev–Trinajstić information content (AvgIpc) is 2.62. The topological polar surface area (TPSA) is 105 Å². The zero-order chi connectivity index (χ0) is 19.3. The molecule has 0 fully saturated rings. The zero-order valence-electron chi connectivity index (χ0n) is 14.7. The third kappa shape index (κ3) is 4.60. The summed E-state index contributed by atoms with van der Waals surface area (Å²) >= 11 is 0. The molecule has 2 rings (SSSR count). The Morgan fingerprint density at radius 3 is 2.23 bits per heavy atom. The van der Waals surface area contributed by atoms with Crippen LogP contribution in [0, 0.1) is 13.8 Å². The normalized spacial score (nSPS) is 11.3. The molecule has 0 radical (unpaired) electrons. The molecule has 0 aliphatic rings. The van der Waals surface area contributed by atoms with Crippen molar-refractivity contribution in [1.82, 2.24) is 10.9 Å². The van der Waals surface area contributed by atoms with Gasteiger partial charge in [0.05, 0.1) is 11.1 Å². The standard InChI is InChI=1S/C19H20N2O5/c1-11-8-9-14(10-12(11)2)26-13(3)17(22)20-21-18(23)15-6-4-5-7-16(15)19(24)25/h4-10,13H,1-3H3,(H,20,22)(H,21,23)(H,24,25). The summed E-state index contributed by atoms with van der Waals surface area (Å²) in [5.74, 6) is -1.98. The Kier molecular flexibility index (Phi) is 5.95. The molecular formula is C19H20N2O5. The van der Waals surface area contributed by atoms with Gasteiger partial charge >= 0.3 is 5.97 Å². The number of carboxylic acids is 1. The number of carbonyl (C=O) groups excluding carboxylic acids is 2. The number of hydrogen-bond acceptors (Lipinski definition) is 4.